The minimum atomic E-state index is -0.837. The summed E-state index contributed by atoms with van der Waals surface area (Å²) in [7, 11) is 1.58. The molecule has 1 fully saturated rings. The normalized spacial score (nSPS) is 19.3. The molecular formula is C36H40N4O5S. The monoisotopic (exact) mass is 640 g/mol. The van der Waals surface area contributed by atoms with Crippen LogP contribution in [0.1, 0.15) is 52.0 Å². The van der Waals surface area contributed by atoms with Crippen LogP contribution in [0.3, 0.4) is 0 Å². The molecule has 3 aromatic rings. The first kappa shape index (κ1) is 32.9. The molecule has 0 aromatic heterocycles. The Balaban J connectivity index is 1.24. The van der Waals surface area contributed by atoms with Crippen molar-refractivity contribution in [2.75, 3.05) is 31.6 Å². The molecule has 0 spiro atoms. The number of fused-ring (bicyclic) bond motifs is 1. The van der Waals surface area contributed by atoms with Crippen LogP contribution in [0.25, 0.3) is 0 Å². The van der Waals surface area contributed by atoms with Gasteiger partial charge in [0, 0.05) is 38.3 Å². The molecule has 2 heterocycles. The number of unbranched alkanes of at least 4 members (excludes halogenated alkanes) is 1. The SMILES string of the molecule is CNC(=O)[C@H](Cc1ccccc1)C1CCN(c2ccccc2)C[C@H](NC(=O)[C@@H](S)CCCCN2C(=O)c3ccccc3C2=O)C1=O. The Morgan fingerprint density at radius 3 is 2.09 bits per heavy atom. The van der Waals surface area contributed by atoms with Crippen molar-refractivity contribution in [3.63, 3.8) is 0 Å². The summed E-state index contributed by atoms with van der Waals surface area (Å²) in [5.74, 6) is -2.52. The fourth-order valence-electron chi connectivity index (χ4n) is 6.41. The Labute approximate surface area is 275 Å². The fourth-order valence-corrected chi connectivity index (χ4v) is 6.66. The molecule has 10 heteroatoms. The number of benzene rings is 3. The molecule has 4 atom stereocenters. The van der Waals surface area contributed by atoms with E-state index in [0.29, 0.717) is 49.8 Å². The second kappa shape index (κ2) is 15.2. The van der Waals surface area contributed by atoms with Gasteiger partial charge in [-0.3, -0.25) is 28.9 Å². The van der Waals surface area contributed by atoms with Gasteiger partial charge >= 0.3 is 0 Å². The number of nitrogens with zero attached hydrogens (tertiary/aromatic N) is 2. The van der Waals surface area contributed by atoms with Crippen LogP contribution in [0.2, 0.25) is 0 Å². The van der Waals surface area contributed by atoms with E-state index in [0.717, 1.165) is 11.3 Å². The van der Waals surface area contributed by atoms with E-state index >= 15 is 0 Å². The van der Waals surface area contributed by atoms with Gasteiger partial charge < -0.3 is 15.5 Å². The van der Waals surface area contributed by atoms with E-state index < -0.39 is 23.1 Å². The summed E-state index contributed by atoms with van der Waals surface area (Å²) in [6.45, 7) is 1.08. The number of ketones is 1. The van der Waals surface area contributed by atoms with Gasteiger partial charge in [0.05, 0.1) is 22.3 Å². The average molecular weight is 641 g/mol. The van der Waals surface area contributed by atoms with Gasteiger partial charge in [-0.05, 0) is 55.5 Å². The number of hydrogen-bond acceptors (Lipinski definition) is 7. The predicted molar refractivity (Wildman–Crippen MR) is 180 cm³/mol. The number of carbonyl (C=O) groups is 5. The number of anilines is 1. The zero-order valence-corrected chi connectivity index (χ0v) is 26.8. The van der Waals surface area contributed by atoms with Crippen molar-refractivity contribution < 1.29 is 24.0 Å². The van der Waals surface area contributed by atoms with Crippen molar-refractivity contribution in [3.8, 4) is 0 Å². The third kappa shape index (κ3) is 7.50. The summed E-state index contributed by atoms with van der Waals surface area (Å²) >= 11 is 4.56. The van der Waals surface area contributed by atoms with Crippen LogP contribution in [0.4, 0.5) is 5.69 Å². The van der Waals surface area contributed by atoms with Gasteiger partial charge in [0.15, 0.2) is 5.78 Å². The lowest BCUT2D eigenvalue weighted by molar-refractivity contribution is -0.135. The highest BCUT2D eigenvalue weighted by Crippen LogP contribution is 2.29. The average Bonchev–Trinajstić information content (AvgIpc) is 3.21. The molecule has 240 valence electrons. The second-order valence-electron chi connectivity index (χ2n) is 11.9. The number of para-hydroxylation sites is 1. The van der Waals surface area contributed by atoms with Gasteiger partial charge in [0.25, 0.3) is 11.8 Å². The van der Waals surface area contributed by atoms with Gasteiger partial charge in [0.1, 0.15) is 6.04 Å². The van der Waals surface area contributed by atoms with Crippen molar-refractivity contribution in [3.05, 3.63) is 102 Å². The van der Waals surface area contributed by atoms with E-state index in [1.54, 1.807) is 31.3 Å². The molecule has 3 aromatic carbocycles. The summed E-state index contributed by atoms with van der Waals surface area (Å²) in [6, 6.07) is 25.3. The third-order valence-electron chi connectivity index (χ3n) is 8.92. The summed E-state index contributed by atoms with van der Waals surface area (Å²) in [4.78, 5) is 69.4. The summed E-state index contributed by atoms with van der Waals surface area (Å²) in [5.41, 5.74) is 2.73. The van der Waals surface area contributed by atoms with Gasteiger partial charge in [0.2, 0.25) is 11.8 Å². The standard InChI is InChI=1S/C36H40N4O5S/c1-37-33(42)29(22-24-12-4-2-5-13-24)26-19-21-39(25-14-6-3-7-15-25)23-30(32(26)41)38-34(43)31(46)18-10-11-20-40-35(44)27-16-8-9-17-28(27)36(40)45/h2-9,12-17,26,29-31,46H,10-11,18-23H2,1H3,(H,37,42)(H,38,43)/t26?,29-,30+,31+/m1/s1. The number of amides is 4. The molecule has 5 rings (SSSR count). The zero-order chi connectivity index (χ0) is 32.6. The highest BCUT2D eigenvalue weighted by molar-refractivity contribution is 7.81. The van der Waals surface area contributed by atoms with E-state index in [4.69, 9.17) is 0 Å². The molecular weight excluding hydrogens is 600 g/mol. The summed E-state index contributed by atoms with van der Waals surface area (Å²) in [6.07, 6.45) is 2.36. The first-order chi connectivity index (χ1) is 22.3. The van der Waals surface area contributed by atoms with E-state index in [-0.39, 0.29) is 42.5 Å². The zero-order valence-electron chi connectivity index (χ0n) is 25.9. The Bertz CT molecular complexity index is 1530. The van der Waals surface area contributed by atoms with Gasteiger partial charge in [-0.15, -0.1) is 0 Å². The Kier molecular flexibility index (Phi) is 10.9. The predicted octanol–water partition coefficient (Wildman–Crippen LogP) is 3.94. The molecule has 0 bridgehead atoms. The number of Topliss-reactive ketones (excluding diaryl/α,β-unsaturated/α-hetero) is 1. The molecule has 4 amide bonds. The largest absolute Gasteiger partial charge is 0.369 e. The fraction of sp³-hybridized carbons (Fsp3) is 0.361. The smallest absolute Gasteiger partial charge is 0.261 e. The number of carbonyl (C=O) groups excluding carboxylic acids is 5. The van der Waals surface area contributed by atoms with E-state index in [2.05, 4.69) is 28.2 Å². The maximum Gasteiger partial charge on any atom is 0.261 e. The lowest BCUT2D eigenvalue weighted by atomic mass is 9.79. The number of rotatable bonds is 12. The van der Waals surface area contributed by atoms with Crippen LogP contribution in [0.5, 0.6) is 0 Å². The molecule has 1 unspecified atom stereocenters. The van der Waals surface area contributed by atoms with Crippen LogP contribution < -0.4 is 15.5 Å². The van der Waals surface area contributed by atoms with Crippen LogP contribution in [0, 0.1) is 11.8 Å². The van der Waals surface area contributed by atoms with Gasteiger partial charge in [-0.25, -0.2) is 0 Å². The number of thiol groups is 1. The maximum atomic E-state index is 14.2. The highest BCUT2D eigenvalue weighted by Gasteiger charge is 2.41. The first-order valence-electron chi connectivity index (χ1n) is 15.8. The summed E-state index contributed by atoms with van der Waals surface area (Å²) in [5, 5.41) is 5.02. The lowest BCUT2D eigenvalue weighted by Gasteiger charge is -2.27. The van der Waals surface area contributed by atoms with Crippen LogP contribution in [-0.4, -0.2) is 72.3 Å². The Morgan fingerprint density at radius 1 is 0.848 bits per heavy atom. The number of imide groups is 1. The molecule has 46 heavy (non-hydrogen) atoms. The molecule has 2 aliphatic rings. The molecule has 2 N–H and O–H groups in total. The van der Waals surface area contributed by atoms with Gasteiger partial charge in [-0.1, -0.05) is 67.1 Å². The Morgan fingerprint density at radius 2 is 1.46 bits per heavy atom. The topological polar surface area (TPSA) is 116 Å². The minimum Gasteiger partial charge on any atom is -0.369 e. The van der Waals surface area contributed by atoms with Crippen molar-refractivity contribution in [2.45, 2.75) is 43.4 Å². The number of hydrogen-bond donors (Lipinski definition) is 3. The van der Waals surface area contributed by atoms with Gasteiger partial charge in [-0.2, -0.15) is 12.6 Å². The van der Waals surface area contributed by atoms with Crippen molar-refractivity contribution in [2.24, 2.45) is 11.8 Å². The lowest BCUT2D eigenvalue weighted by Crippen LogP contribution is -2.52. The number of nitrogens with one attached hydrogen (secondary N) is 2. The molecule has 0 radical (unpaired) electrons. The highest BCUT2D eigenvalue weighted by atomic mass is 32.1. The van der Waals surface area contributed by atoms with Crippen LogP contribution in [-0.2, 0) is 20.8 Å². The maximum absolute atomic E-state index is 14.2. The Hall–Kier alpha value is -4.44. The molecule has 9 nitrogen and oxygen atoms in total. The van der Waals surface area contributed by atoms with E-state index in [1.807, 2.05) is 60.7 Å². The molecule has 2 aliphatic heterocycles. The van der Waals surface area contributed by atoms with Crippen molar-refractivity contribution in [1.29, 1.82) is 0 Å². The van der Waals surface area contributed by atoms with E-state index in [9.17, 15) is 24.0 Å². The second-order valence-corrected chi connectivity index (χ2v) is 12.5. The van der Waals surface area contributed by atoms with Crippen LogP contribution in [0.15, 0.2) is 84.9 Å². The first-order valence-corrected chi connectivity index (χ1v) is 16.3. The molecule has 0 saturated carbocycles. The van der Waals surface area contributed by atoms with Crippen molar-refractivity contribution >= 4 is 47.7 Å². The van der Waals surface area contributed by atoms with Crippen LogP contribution >= 0.6 is 12.6 Å². The van der Waals surface area contributed by atoms with Crippen molar-refractivity contribution in [1.82, 2.24) is 15.5 Å². The molecule has 0 aliphatic carbocycles. The quantitative estimate of drug-likeness (QED) is 0.157. The third-order valence-corrected chi connectivity index (χ3v) is 9.41. The summed E-state index contributed by atoms with van der Waals surface area (Å²) < 4.78 is 0. The molecule has 1 saturated heterocycles. The van der Waals surface area contributed by atoms with E-state index in [1.165, 1.54) is 4.90 Å². The minimum absolute atomic E-state index is 0.164.